The van der Waals surface area contributed by atoms with E-state index in [0.717, 1.165) is 12.1 Å². The van der Waals surface area contributed by atoms with Crippen LogP contribution in [0.15, 0.2) is 23.1 Å². The summed E-state index contributed by atoms with van der Waals surface area (Å²) in [6, 6.07) is 3.26. The van der Waals surface area contributed by atoms with Crippen LogP contribution in [-0.4, -0.2) is 26.5 Å². The normalized spacial score (nSPS) is 21.3. The lowest BCUT2D eigenvalue weighted by Gasteiger charge is -2.14. The minimum absolute atomic E-state index is 0.199. The van der Waals surface area contributed by atoms with Gasteiger partial charge in [0.1, 0.15) is 6.10 Å². The molecule has 1 saturated heterocycles. The first kappa shape index (κ1) is 18.2. The molecule has 0 aromatic heterocycles. The summed E-state index contributed by atoms with van der Waals surface area (Å²) >= 11 is 0. The smallest absolute Gasteiger partial charge is 0.365 e. The second-order valence-electron chi connectivity index (χ2n) is 5.30. The van der Waals surface area contributed by atoms with Gasteiger partial charge in [-0.15, -0.1) is 0 Å². The van der Waals surface area contributed by atoms with Gasteiger partial charge in [0.25, 0.3) is 15.9 Å². The van der Waals surface area contributed by atoms with Crippen molar-refractivity contribution in [1.82, 2.24) is 4.72 Å². The van der Waals surface area contributed by atoms with Crippen LogP contribution < -0.4 is 4.72 Å². The second kappa shape index (κ2) is 6.41. The molecule has 24 heavy (non-hydrogen) atoms. The molecule has 130 valence electrons. The highest BCUT2D eigenvalue weighted by Gasteiger charge is 2.36. The molecule has 10 heteroatoms. The SMILES string of the molecule is C[C@@H]1CC[C@@H](C(=O)NS(=O)(=O)c2ccc(C#N)c(C(F)(F)F)c2)O1. The summed E-state index contributed by atoms with van der Waals surface area (Å²) in [5, 5.41) is 8.70. The largest absolute Gasteiger partial charge is 0.417 e. The van der Waals surface area contributed by atoms with Gasteiger partial charge in [-0.1, -0.05) is 0 Å². The third-order valence-corrected chi connectivity index (χ3v) is 4.83. The highest BCUT2D eigenvalue weighted by Crippen LogP contribution is 2.33. The molecule has 1 fully saturated rings. The lowest BCUT2D eigenvalue weighted by Crippen LogP contribution is -2.38. The summed E-state index contributed by atoms with van der Waals surface area (Å²) in [4.78, 5) is 11.1. The van der Waals surface area contributed by atoms with Gasteiger partial charge < -0.3 is 4.74 Å². The number of alkyl halides is 3. The van der Waals surface area contributed by atoms with Crippen LogP contribution in [0, 0.1) is 11.3 Å². The Morgan fingerprint density at radius 1 is 1.38 bits per heavy atom. The molecule has 0 aliphatic carbocycles. The maximum atomic E-state index is 12.9. The van der Waals surface area contributed by atoms with Crippen molar-refractivity contribution >= 4 is 15.9 Å². The average Bonchev–Trinajstić information content (AvgIpc) is 2.92. The van der Waals surface area contributed by atoms with E-state index in [-0.39, 0.29) is 6.10 Å². The number of ether oxygens (including phenoxy) is 1. The third-order valence-electron chi connectivity index (χ3n) is 3.49. The van der Waals surface area contributed by atoms with Crippen molar-refractivity contribution in [3.8, 4) is 6.07 Å². The van der Waals surface area contributed by atoms with E-state index in [4.69, 9.17) is 10.00 Å². The van der Waals surface area contributed by atoms with Crippen LogP contribution in [0.1, 0.15) is 30.9 Å². The fourth-order valence-electron chi connectivity index (χ4n) is 2.28. The topological polar surface area (TPSA) is 96.3 Å². The maximum absolute atomic E-state index is 12.9. The molecule has 1 amide bonds. The minimum atomic E-state index is -4.90. The second-order valence-corrected chi connectivity index (χ2v) is 6.98. The number of carbonyl (C=O) groups excluding carboxylic acids is 1. The minimum Gasteiger partial charge on any atom is -0.365 e. The molecule has 0 spiro atoms. The molecule has 0 unspecified atom stereocenters. The van der Waals surface area contributed by atoms with Gasteiger partial charge in [0.15, 0.2) is 0 Å². The summed E-state index contributed by atoms with van der Waals surface area (Å²) in [6.07, 6.45) is -5.16. The Morgan fingerprint density at radius 2 is 2.04 bits per heavy atom. The van der Waals surface area contributed by atoms with Crippen LogP contribution in [0.3, 0.4) is 0 Å². The fraction of sp³-hybridized carbons (Fsp3) is 0.429. The van der Waals surface area contributed by atoms with Gasteiger partial charge in [0.2, 0.25) is 0 Å². The molecule has 0 radical (unpaired) electrons. The first-order valence-corrected chi connectivity index (χ1v) is 8.36. The molecular formula is C14H13F3N2O4S. The standard InChI is InChI=1S/C14H13F3N2O4S/c1-8-2-5-12(23-8)13(20)19-24(21,22)10-4-3-9(7-18)11(6-10)14(15,16)17/h3-4,6,8,12H,2,5H2,1H3,(H,19,20)/t8-,12+/m1/s1. The van der Waals surface area contributed by atoms with Gasteiger partial charge in [-0.05, 0) is 38.0 Å². The zero-order valence-corrected chi connectivity index (χ0v) is 13.2. The molecule has 1 heterocycles. The molecule has 2 rings (SSSR count). The summed E-state index contributed by atoms with van der Waals surface area (Å²) < 4.78 is 69.9. The summed E-state index contributed by atoms with van der Waals surface area (Å²) in [5.41, 5.74) is -2.09. The maximum Gasteiger partial charge on any atom is 0.417 e. The summed E-state index contributed by atoms with van der Waals surface area (Å²) in [6.45, 7) is 1.72. The van der Waals surface area contributed by atoms with E-state index in [9.17, 15) is 26.4 Å². The molecule has 1 aliphatic rings. The molecule has 0 saturated carbocycles. The number of rotatable bonds is 3. The number of halogens is 3. The number of benzene rings is 1. The quantitative estimate of drug-likeness (QED) is 0.887. The van der Waals surface area contributed by atoms with E-state index >= 15 is 0 Å². The van der Waals surface area contributed by atoms with Crippen molar-refractivity contribution in [3.05, 3.63) is 29.3 Å². The molecule has 1 aromatic rings. The monoisotopic (exact) mass is 362 g/mol. The number of nitriles is 1. The Morgan fingerprint density at radius 3 is 2.54 bits per heavy atom. The van der Waals surface area contributed by atoms with E-state index in [1.165, 1.54) is 6.07 Å². The number of hydrogen-bond donors (Lipinski definition) is 1. The first-order valence-electron chi connectivity index (χ1n) is 6.88. The zero-order valence-electron chi connectivity index (χ0n) is 12.4. The molecule has 1 aliphatic heterocycles. The molecule has 1 aromatic carbocycles. The van der Waals surface area contributed by atoms with Crippen LogP contribution in [0.2, 0.25) is 0 Å². The highest BCUT2D eigenvalue weighted by molar-refractivity contribution is 7.90. The predicted molar refractivity (Wildman–Crippen MR) is 75.1 cm³/mol. The highest BCUT2D eigenvalue weighted by atomic mass is 32.2. The third kappa shape index (κ3) is 3.85. The van der Waals surface area contributed by atoms with Crippen LogP contribution in [0.4, 0.5) is 13.2 Å². The van der Waals surface area contributed by atoms with Crippen LogP contribution in [0.5, 0.6) is 0 Å². The Labute approximate surface area is 136 Å². The Bertz CT molecular complexity index is 799. The number of carbonyl (C=O) groups is 1. The Kier molecular flexibility index (Phi) is 4.87. The summed E-state index contributed by atoms with van der Waals surface area (Å²) in [5.74, 6) is -0.933. The van der Waals surface area contributed by atoms with Crippen molar-refractivity contribution in [2.75, 3.05) is 0 Å². The Hall–Kier alpha value is -2.12. The number of hydrogen-bond acceptors (Lipinski definition) is 5. The van der Waals surface area contributed by atoms with E-state index in [1.54, 1.807) is 11.6 Å². The van der Waals surface area contributed by atoms with Crippen molar-refractivity contribution in [3.63, 3.8) is 0 Å². The molecule has 1 N–H and O–H groups in total. The van der Waals surface area contributed by atoms with Crippen LogP contribution >= 0.6 is 0 Å². The first-order chi connectivity index (χ1) is 11.0. The van der Waals surface area contributed by atoms with Gasteiger partial charge in [-0.3, -0.25) is 4.79 Å². The fourth-order valence-corrected chi connectivity index (χ4v) is 3.31. The zero-order chi connectivity index (χ0) is 18.1. The summed E-state index contributed by atoms with van der Waals surface area (Å²) in [7, 11) is -4.51. The lowest BCUT2D eigenvalue weighted by atomic mass is 10.1. The predicted octanol–water partition coefficient (Wildman–Crippen LogP) is 1.95. The van der Waals surface area contributed by atoms with Gasteiger partial charge >= 0.3 is 6.18 Å². The van der Waals surface area contributed by atoms with Crippen LogP contribution in [-0.2, 0) is 25.7 Å². The molecule has 6 nitrogen and oxygen atoms in total. The average molecular weight is 362 g/mol. The van der Waals surface area contributed by atoms with Gasteiger partial charge in [0.05, 0.1) is 28.2 Å². The number of nitrogens with one attached hydrogen (secondary N) is 1. The van der Waals surface area contributed by atoms with Crippen molar-refractivity contribution in [1.29, 1.82) is 5.26 Å². The van der Waals surface area contributed by atoms with Gasteiger partial charge in [-0.2, -0.15) is 18.4 Å². The molecule has 0 bridgehead atoms. The van der Waals surface area contributed by atoms with E-state index < -0.39 is 44.2 Å². The molecule has 2 atom stereocenters. The number of nitrogens with zero attached hydrogens (tertiary/aromatic N) is 1. The van der Waals surface area contributed by atoms with Crippen molar-refractivity contribution < 1.29 is 31.1 Å². The number of amides is 1. The van der Waals surface area contributed by atoms with E-state index in [2.05, 4.69) is 0 Å². The van der Waals surface area contributed by atoms with Crippen molar-refractivity contribution in [2.24, 2.45) is 0 Å². The number of sulfonamides is 1. The van der Waals surface area contributed by atoms with Crippen LogP contribution in [0.25, 0.3) is 0 Å². The van der Waals surface area contributed by atoms with E-state index in [0.29, 0.717) is 18.9 Å². The Balaban J connectivity index is 2.30. The lowest BCUT2D eigenvalue weighted by molar-refractivity contribution is -0.138. The van der Waals surface area contributed by atoms with Gasteiger partial charge in [0, 0.05) is 0 Å². The van der Waals surface area contributed by atoms with Gasteiger partial charge in [-0.25, -0.2) is 13.1 Å². The van der Waals surface area contributed by atoms with Crippen molar-refractivity contribution in [2.45, 2.75) is 43.0 Å². The molecular weight excluding hydrogens is 349 g/mol. The van der Waals surface area contributed by atoms with E-state index in [1.807, 2.05) is 0 Å².